The van der Waals surface area contributed by atoms with Crippen LogP contribution in [-0.4, -0.2) is 21.1 Å². The topological polar surface area (TPSA) is 70.7 Å². The van der Waals surface area contributed by atoms with E-state index in [9.17, 15) is 22.4 Å². The van der Waals surface area contributed by atoms with Gasteiger partial charge in [-0.1, -0.05) is 0 Å². The van der Waals surface area contributed by atoms with E-state index in [0.717, 1.165) is 6.07 Å². The normalized spacial score (nSPS) is 11.4. The highest BCUT2D eigenvalue weighted by atomic mass is 19.4. The van der Waals surface area contributed by atoms with Crippen LogP contribution in [-0.2, 0) is 6.18 Å². The van der Waals surface area contributed by atoms with Gasteiger partial charge in [-0.25, -0.2) is 9.37 Å². The van der Waals surface area contributed by atoms with Crippen LogP contribution in [0.1, 0.15) is 21.7 Å². The smallest absolute Gasteiger partial charge is 0.322 e. The highest BCUT2D eigenvalue weighted by Gasteiger charge is 2.34. The molecule has 0 aliphatic rings. The van der Waals surface area contributed by atoms with E-state index in [-0.39, 0.29) is 5.56 Å². The number of halogens is 4. The first-order valence-corrected chi connectivity index (χ1v) is 7.41. The van der Waals surface area contributed by atoms with Crippen molar-refractivity contribution in [3.8, 4) is 11.4 Å². The molecule has 2 aromatic carbocycles. The fourth-order valence-corrected chi connectivity index (χ4v) is 2.26. The summed E-state index contributed by atoms with van der Waals surface area (Å²) in [6.45, 7) is 1.75. The molecular formula is C17H12F4N4O. The number of rotatable bonds is 3. The summed E-state index contributed by atoms with van der Waals surface area (Å²) in [5.74, 6) is -1.08. The first-order chi connectivity index (χ1) is 12.2. The maximum Gasteiger partial charge on any atom is 0.419 e. The Morgan fingerprint density at radius 2 is 1.81 bits per heavy atom. The largest absolute Gasteiger partial charge is 0.419 e. The summed E-state index contributed by atoms with van der Waals surface area (Å²) < 4.78 is 51.5. The van der Waals surface area contributed by atoms with Gasteiger partial charge in [0.1, 0.15) is 11.6 Å². The van der Waals surface area contributed by atoms with Gasteiger partial charge >= 0.3 is 6.18 Å². The number of aryl methyl sites for hydroxylation is 1. The molecule has 1 aromatic heterocycles. The summed E-state index contributed by atoms with van der Waals surface area (Å²) in [6, 6.07) is 8.53. The molecule has 2 N–H and O–H groups in total. The first kappa shape index (κ1) is 17.6. The second-order valence-corrected chi connectivity index (χ2v) is 5.47. The molecule has 26 heavy (non-hydrogen) atoms. The highest BCUT2D eigenvalue weighted by Crippen LogP contribution is 2.32. The summed E-state index contributed by atoms with van der Waals surface area (Å²) in [6.07, 6.45) is -4.88. The maximum atomic E-state index is 13.3. The van der Waals surface area contributed by atoms with Crippen LogP contribution in [0.5, 0.6) is 0 Å². The number of alkyl halides is 3. The van der Waals surface area contributed by atoms with E-state index in [1.807, 2.05) is 0 Å². The number of hydrogen-bond donors (Lipinski definition) is 2. The molecular weight excluding hydrogens is 352 g/mol. The van der Waals surface area contributed by atoms with Crippen LogP contribution in [0, 0.1) is 12.7 Å². The minimum Gasteiger partial charge on any atom is -0.322 e. The average Bonchev–Trinajstić information content (AvgIpc) is 3.01. The lowest BCUT2D eigenvalue weighted by atomic mass is 10.1. The monoisotopic (exact) mass is 364 g/mol. The Morgan fingerprint density at radius 1 is 1.12 bits per heavy atom. The lowest BCUT2D eigenvalue weighted by molar-refractivity contribution is -0.140. The Morgan fingerprint density at radius 3 is 2.38 bits per heavy atom. The molecule has 134 valence electrons. The summed E-state index contributed by atoms with van der Waals surface area (Å²) >= 11 is 0. The maximum absolute atomic E-state index is 13.3. The second kappa shape index (κ2) is 6.58. The van der Waals surface area contributed by atoms with E-state index < -0.39 is 23.5 Å². The first-order valence-electron chi connectivity index (χ1n) is 7.41. The van der Waals surface area contributed by atoms with E-state index in [0.29, 0.717) is 35.0 Å². The van der Waals surface area contributed by atoms with E-state index in [1.54, 1.807) is 31.2 Å². The van der Waals surface area contributed by atoms with Crippen LogP contribution >= 0.6 is 0 Å². The molecule has 5 nitrogen and oxygen atoms in total. The number of aromatic amines is 1. The minimum absolute atomic E-state index is 0.299. The van der Waals surface area contributed by atoms with Crippen molar-refractivity contribution in [2.75, 3.05) is 5.32 Å². The quantitative estimate of drug-likeness (QED) is 0.685. The third kappa shape index (κ3) is 3.71. The zero-order chi connectivity index (χ0) is 18.9. The molecule has 0 saturated carbocycles. The van der Waals surface area contributed by atoms with Gasteiger partial charge in [0.2, 0.25) is 0 Å². The Hall–Kier alpha value is -3.23. The average molecular weight is 364 g/mol. The Labute approximate surface area is 145 Å². The molecule has 0 radical (unpaired) electrons. The van der Waals surface area contributed by atoms with Gasteiger partial charge in [0, 0.05) is 16.8 Å². The molecule has 0 fully saturated rings. The van der Waals surface area contributed by atoms with Gasteiger partial charge in [-0.2, -0.15) is 18.3 Å². The van der Waals surface area contributed by atoms with Crippen molar-refractivity contribution in [2.45, 2.75) is 13.1 Å². The highest BCUT2D eigenvalue weighted by molar-refractivity contribution is 6.04. The Kier molecular flexibility index (Phi) is 4.45. The predicted octanol–water partition coefficient (Wildman–Crippen LogP) is 4.19. The standard InChI is InChI=1S/C17H12F4N4O/c1-9-22-15(25-24-9)10-2-5-12(6-3-10)23-16(26)11-4-7-14(18)13(8-11)17(19,20)21/h2-8H,1H3,(H,23,26)(H,22,24,25). The number of amides is 1. The Balaban J connectivity index is 1.78. The van der Waals surface area contributed by atoms with E-state index in [4.69, 9.17) is 0 Å². The van der Waals surface area contributed by atoms with Crippen LogP contribution in [0.15, 0.2) is 42.5 Å². The van der Waals surface area contributed by atoms with E-state index in [2.05, 4.69) is 20.5 Å². The minimum atomic E-state index is -4.88. The second-order valence-electron chi connectivity index (χ2n) is 5.47. The molecule has 0 spiro atoms. The van der Waals surface area contributed by atoms with Crippen molar-refractivity contribution in [1.29, 1.82) is 0 Å². The number of benzene rings is 2. The van der Waals surface area contributed by atoms with Crippen molar-refractivity contribution in [3.63, 3.8) is 0 Å². The molecule has 0 aliphatic heterocycles. The third-order valence-corrected chi connectivity index (χ3v) is 3.53. The van der Waals surface area contributed by atoms with Gasteiger partial charge in [-0.05, 0) is 49.4 Å². The van der Waals surface area contributed by atoms with Crippen molar-refractivity contribution in [2.24, 2.45) is 0 Å². The fraction of sp³-hybridized carbons (Fsp3) is 0.118. The zero-order valence-corrected chi connectivity index (χ0v) is 13.4. The molecule has 3 rings (SSSR count). The van der Waals surface area contributed by atoms with Gasteiger partial charge in [0.05, 0.1) is 5.56 Å². The zero-order valence-electron chi connectivity index (χ0n) is 13.4. The van der Waals surface area contributed by atoms with Crippen LogP contribution in [0.4, 0.5) is 23.2 Å². The predicted molar refractivity (Wildman–Crippen MR) is 85.9 cm³/mol. The lowest BCUT2D eigenvalue weighted by Gasteiger charge is -2.10. The van der Waals surface area contributed by atoms with Crippen LogP contribution in [0.25, 0.3) is 11.4 Å². The molecule has 0 unspecified atom stereocenters. The van der Waals surface area contributed by atoms with Gasteiger partial charge in [-0.15, -0.1) is 0 Å². The van der Waals surface area contributed by atoms with Crippen LogP contribution < -0.4 is 5.32 Å². The molecule has 0 atom stereocenters. The number of nitrogens with one attached hydrogen (secondary N) is 2. The number of aromatic nitrogens is 3. The molecule has 1 amide bonds. The van der Waals surface area contributed by atoms with E-state index in [1.165, 1.54) is 0 Å². The molecule has 1 heterocycles. The molecule has 0 saturated heterocycles. The number of nitrogens with zero attached hydrogens (tertiary/aromatic N) is 2. The number of carbonyl (C=O) groups excluding carboxylic acids is 1. The van der Waals surface area contributed by atoms with Crippen molar-refractivity contribution in [1.82, 2.24) is 15.2 Å². The summed E-state index contributed by atoms with van der Waals surface area (Å²) in [7, 11) is 0. The van der Waals surface area contributed by atoms with Crippen LogP contribution in [0.2, 0.25) is 0 Å². The van der Waals surface area contributed by atoms with Crippen molar-refractivity contribution >= 4 is 11.6 Å². The molecule has 0 aliphatic carbocycles. The van der Waals surface area contributed by atoms with Crippen molar-refractivity contribution < 1.29 is 22.4 Å². The number of H-pyrrole nitrogens is 1. The molecule has 0 bridgehead atoms. The number of hydrogen-bond acceptors (Lipinski definition) is 3. The van der Waals surface area contributed by atoms with Gasteiger partial charge in [0.25, 0.3) is 5.91 Å². The fourth-order valence-electron chi connectivity index (χ4n) is 2.26. The third-order valence-electron chi connectivity index (χ3n) is 3.53. The van der Waals surface area contributed by atoms with Crippen molar-refractivity contribution in [3.05, 3.63) is 65.2 Å². The molecule has 3 aromatic rings. The summed E-state index contributed by atoms with van der Waals surface area (Å²) in [5, 5.41) is 9.17. The number of anilines is 1. The lowest BCUT2D eigenvalue weighted by Crippen LogP contribution is -2.15. The van der Waals surface area contributed by atoms with E-state index >= 15 is 0 Å². The van der Waals surface area contributed by atoms with Crippen LogP contribution in [0.3, 0.4) is 0 Å². The summed E-state index contributed by atoms with van der Waals surface area (Å²) in [5.41, 5.74) is -0.717. The van der Waals surface area contributed by atoms with Gasteiger partial charge in [-0.3, -0.25) is 9.89 Å². The van der Waals surface area contributed by atoms with Gasteiger partial charge in [0.15, 0.2) is 5.82 Å². The molecule has 9 heteroatoms. The Bertz CT molecular complexity index is 948. The SMILES string of the molecule is Cc1nc(-c2ccc(NC(=O)c3ccc(F)c(C(F)(F)F)c3)cc2)n[nH]1. The van der Waals surface area contributed by atoms with Gasteiger partial charge < -0.3 is 5.32 Å². The summed E-state index contributed by atoms with van der Waals surface area (Å²) in [4.78, 5) is 16.3. The number of carbonyl (C=O) groups is 1.